The zero-order valence-corrected chi connectivity index (χ0v) is 15.9. The molecular weight excluding hydrogens is 330 g/mol. The molecule has 1 aromatic heterocycles. The molecule has 7 heteroatoms. The minimum absolute atomic E-state index is 0.150. The molecule has 26 heavy (non-hydrogen) atoms. The van der Waals surface area contributed by atoms with Crippen molar-refractivity contribution in [2.24, 2.45) is 0 Å². The lowest BCUT2D eigenvalue weighted by atomic mass is 10.2. The second-order valence-corrected chi connectivity index (χ2v) is 7.22. The van der Waals surface area contributed by atoms with Gasteiger partial charge in [-0.15, -0.1) is 0 Å². The zero-order chi connectivity index (χ0) is 18.5. The van der Waals surface area contributed by atoms with Gasteiger partial charge >= 0.3 is 0 Å². The van der Waals surface area contributed by atoms with Gasteiger partial charge in [-0.25, -0.2) is 9.97 Å². The number of hydrogen-bond acceptors (Lipinski definition) is 5. The predicted octanol–water partition coefficient (Wildman–Crippen LogP) is 1.53. The van der Waals surface area contributed by atoms with E-state index in [9.17, 15) is 9.59 Å². The van der Waals surface area contributed by atoms with E-state index in [0.717, 1.165) is 56.0 Å². The van der Waals surface area contributed by atoms with Crippen LogP contribution in [0.1, 0.15) is 43.4 Å². The van der Waals surface area contributed by atoms with E-state index in [1.807, 2.05) is 23.6 Å². The number of carbonyl (C=O) groups is 2. The average Bonchev–Trinajstić information content (AvgIpc) is 2.86. The number of piperazine rings is 1. The maximum atomic E-state index is 12.5. The SMILES string of the molecule is Cc1ncnc(N2CCN(C(=O)CCN3CCCCCC3=O)CC2)c1C. The Balaban J connectivity index is 1.49. The minimum Gasteiger partial charge on any atom is -0.353 e. The molecule has 0 spiro atoms. The molecule has 1 aromatic rings. The van der Waals surface area contributed by atoms with Gasteiger partial charge in [-0.1, -0.05) is 6.42 Å². The highest BCUT2D eigenvalue weighted by Gasteiger charge is 2.24. The molecule has 3 heterocycles. The van der Waals surface area contributed by atoms with Crippen molar-refractivity contribution >= 4 is 17.6 Å². The molecule has 0 aliphatic carbocycles. The van der Waals surface area contributed by atoms with E-state index >= 15 is 0 Å². The molecule has 2 aliphatic rings. The van der Waals surface area contributed by atoms with Gasteiger partial charge in [-0.2, -0.15) is 0 Å². The van der Waals surface area contributed by atoms with Gasteiger partial charge in [0.2, 0.25) is 11.8 Å². The van der Waals surface area contributed by atoms with Crippen LogP contribution >= 0.6 is 0 Å². The molecule has 0 bridgehead atoms. The van der Waals surface area contributed by atoms with Gasteiger partial charge in [0.25, 0.3) is 0 Å². The van der Waals surface area contributed by atoms with E-state index in [1.165, 1.54) is 0 Å². The van der Waals surface area contributed by atoms with Crippen molar-refractivity contribution in [3.63, 3.8) is 0 Å². The molecule has 0 aromatic carbocycles. The fourth-order valence-electron chi connectivity index (χ4n) is 3.68. The zero-order valence-electron chi connectivity index (χ0n) is 15.9. The molecule has 2 fully saturated rings. The summed E-state index contributed by atoms with van der Waals surface area (Å²) >= 11 is 0. The number of carbonyl (C=O) groups excluding carboxylic acids is 2. The van der Waals surface area contributed by atoms with E-state index in [-0.39, 0.29) is 11.8 Å². The monoisotopic (exact) mass is 359 g/mol. The van der Waals surface area contributed by atoms with Crippen molar-refractivity contribution in [2.45, 2.75) is 46.0 Å². The highest BCUT2D eigenvalue weighted by atomic mass is 16.2. The molecule has 0 atom stereocenters. The molecular formula is C19H29N5O2. The Bertz CT molecular complexity index is 655. The first-order valence-electron chi connectivity index (χ1n) is 9.65. The van der Waals surface area contributed by atoms with E-state index < -0.39 is 0 Å². The maximum absolute atomic E-state index is 12.5. The summed E-state index contributed by atoms with van der Waals surface area (Å²) in [7, 11) is 0. The molecule has 2 aliphatic heterocycles. The van der Waals surface area contributed by atoms with Gasteiger partial charge < -0.3 is 14.7 Å². The van der Waals surface area contributed by atoms with Crippen molar-refractivity contribution in [1.82, 2.24) is 19.8 Å². The van der Waals surface area contributed by atoms with Gasteiger partial charge in [-0.05, 0) is 26.7 Å². The summed E-state index contributed by atoms with van der Waals surface area (Å²) in [5.41, 5.74) is 2.10. The van der Waals surface area contributed by atoms with Crippen molar-refractivity contribution in [3.05, 3.63) is 17.6 Å². The normalized spacial score (nSPS) is 18.8. The third kappa shape index (κ3) is 4.31. The number of hydrogen-bond donors (Lipinski definition) is 0. The third-order valence-electron chi connectivity index (χ3n) is 5.51. The van der Waals surface area contributed by atoms with Crippen LogP contribution in [0.25, 0.3) is 0 Å². The fraction of sp³-hybridized carbons (Fsp3) is 0.684. The maximum Gasteiger partial charge on any atom is 0.224 e. The number of likely N-dealkylation sites (tertiary alicyclic amines) is 1. The number of nitrogens with zero attached hydrogens (tertiary/aromatic N) is 5. The summed E-state index contributed by atoms with van der Waals surface area (Å²) in [6, 6.07) is 0. The summed E-state index contributed by atoms with van der Waals surface area (Å²) in [6.07, 6.45) is 5.80. The van der Waals surface area contributed by atoms with Crippen molar-refractivity contribution in [2.75, 3.05) is 44.2 Å². The molecule has 0 N–H and O–H groups in total. The van der Waals surface area contributed by atoms with Crippen LogP contribution in [-0.4, -0.2) is 70.9 Å². The summed E-state index contributed by atoms with van der Waals surface area (Å²) < 4.78 is 0. The van der Waals surface area contributed by atoms with Gasteiger partial charge in [0.05, 0.1) is 0 Å². The molecule has 7 nitrogen and oxygen atoms in total. The minimum atomic E-state index is 0.150. The Hall–Kier alpha value is -2.18. The van der Waals surface area contributed by atoms with Crippen LogP contribution in [-0.2, 0) is 9.59 Å². The van der Waals surface area contributed by atoms with E-state index in [2.05, 4.69) is 14.9 Å². The Morgan fingerprint density at radius 2 is 1.81 bits per heavy atom. The first-order valence-corrected chi connectivity index (χ1v) is 9.65. The van der Waals surface area contributed by atoms with E-state index in [0.29, 0.717) is 32.5 Å². The Morgan fingerprint density at radius 3 is 2.58 bits per heavy atom. The number of rotatable bonds is 4. The molecule has 3 rings (SSSR count). The highest BCUT2D eigenvalue weighted by molar-refractivity contribution is 5.79. The van der Waals surface area contributed by atoms with Crippen LogP contribution in [0.15, 0.2) is 6.33 Å². The lowest BCUT2D eigenvalue weighted by Crippen LogP contribution is -2.49. The van der Waals surface area contributed by atoms with Crippen molar-refractivity contribution in [3.8, 4) is 0 Å². The first kappa shape index (κ1) is 18.6. The van der Waals surface area contributed by atoms with Crippen LogP contribution in [0.5, 0.6) is 0 Å². The summed E-state index contributed by atoms with van der Waals surface area (Å²) in [4.78, 5) is 39.2. The van der Waals surface area contributed by atoms with Crippen LogP contribution in [0, 0.1) is 13.8 Å². The van der Waals surface area contributed by atoms with Crippen LogP contribution in [0.3, 0.4) is 0 Å². The molecule has 0 radical (unpaired) electrons. The Kier molecular flexibility index (Phi) is 6.06. The summed E-state index contributed by atoms with van der Waals surface area (Å²) in [6.45, 7) is 8.36. The van der Waals surface area contributed by atoms with Gasteiger partial charge in [0.1, 0.15) is 12.1 Å². The quantitative estimate of drug-likeness (QED) is 0.815. The largest absolute Gasteiger partial charge is 0.353 e. The number of anilines is 1. The van der Waals surface area contributed by atoms with Crippen LogP contribution in [0.2, 0.25) is 0 Å². The molecule has 2 amide bonds. The smallest absolute Gasteiger partial charge is 0.224 e. The van der Waals surface area contributed by atoms with Crippen LogP contribution in [0.4, 0.5) is 5.82 Å². The Morgan fingerprint density at radius 1 is 1.04 bits per heavy atom. The summed E-state index contributed by atoms with van der Waals surface area (Å²) in [5.74, 6) is 1.33. The Labute approximate surface area is 155 Å². The third-order valence-corrected chi connectivity index (χ3v) is 5.51. The van der Waals surface area contributed by atoms with Crippen molar-refractivity contribution in [1.29, 1.82) is 0 Å². The molecule has 0 unspecified atom stereocenters. The van der Waals surface area contributed by atoms with E-state index in [1.54, 1.807) is 6.33 Å². The van der Waals surface area contributed by atoms with Gasteiger partial charge in [0.15, 0.2) is 0 Å². The molecule has 2 saturated heterocycles. The molecule has 0 saturated carbocycles. The first-order chi connectivity index (χ1) is 12.6. The fourth-order valence-corrected chi connectivity index (χ4v) is 3.68. The van der Waals surface area contributed by atoms with Crippen LogP contribution < -0.4 is 4.90 Å². The highest BCUT2D eigenvalue weighted by Crippen LogP contribution is 2.20. The second kappa shape index (κ2) is 8.47. The average molecular weight is 359 g/mol. The second-order valence-electron chi connectivity index (χ2n) is 7.22. The van der Waals surface area contributed by atoms with Crippen molar-refractivity contribution < 1.29 is 9.59 Å². The summed E-state index contributed by atoms with van der Waals surface area (Å²) in [5, 5.41) is 0. The number of amides is 2. The lowest BCUT2D eigenvalue weighted by Gasteiger charge is -2.36. The number of aromatic nitrogens is 2. The lowest BCUT2D eigenvalue weighted by molar-refractivity contribution is -0.134. The number of aryl methyl sites for hydroxylation is 1. The molecule has 142 valence electrons. The standard InChI is InChI=1S/C19H29N5O2/c1-15-16(2)20-14-21-19(15)24-12-10-23(11-13-24)18(26)7-9-22-8-5-3-4-6-17(22)25/h14H,3-13H2,1-2H3. The van der Waals surface area contributed by atoms with Gasteiger partial charge in [-0.3, -0.25) is 9.59 Å². The van der Waals surface area contributed by atoms with E-state index in [4.69, 9.17) is 0 Å². The predicted molar refractivity (Wildman–Crippen MR) is 100.0 cm³/mol. The topological polar surface area (TPSA) is 69.6 Å². The van der Waals surface area contributed by atoms with Gasteiger partial charge in [0, 0.05) is 63.4 Å².